The van der Waals surface area contributed by atoms with Gasteiger partial charge in [0.2, 0.25) is 0 Å². The smallest absolute Gasteiger partial charge is 0.326 e. The van der Waals surface area contributed by atoms with Gasteiger partial charge in [-0.15, -0.1) is 0 Å². The molecule has 24 heavy (non-hydrogen) atoms. The molecule has 5 heteroatoms. The monoisotopic (exact) mass is 325 g/mol. The molecule has 2 aliphatic rings. The second-order valence-corrected chi connectivity index (χ2v) is 6.95. The molecule has 3 rings (SSSR count). The topological polar surface area (TPSA) is 43.9 Å². The molecule has 5 nitrogen and oxygen atoms in total. The first-order chi connectivity index (χ1) is 11.2. The molecule has 1 saturated heterocycles. The van der Waals surface area contributed by atoms with Gasteiger partial charge in [-0.3, -0.25) is 9.69 Å². The number of benzene rings is 1. The Labute approximate surface area is 142 Å². The average molecular weight is 325 g/mol. The summed E-state index contributed by atoms with van der Waals surface area (Å²) < 4.78 is 0. The zero-order valence-electron chi connectivity index (χ0n) is 14.8. The van der Waals surface area contributed by atoms with Gasteiger partial charge in [0.25, 0.3) is 5.91 Å². The predicted octanol–water partition coefficient (Wildman–Crippen LogP) is 2.75. The van der Waals surface area contributed by atoms with E-state index in [1.807, 2.05) is 25.3 Å². The molecule has 0 saturated carbocycles. The highest BCUT2D eigenvalue weighted by Crippen LogP contribution is 2.46. The maximum Gasteiger partial charge on any atom is 0.326 e. The van der Waals surface area contributed by atoms with Crippen LogP contribution in [-0.2, 0) is 10.2 Å². The van der Waals surface area contributed by atoms with Crippen LogP contribution in [0.2, 0.25) is 0 Å². The number of imide groups is 1. The van der Waals surface area contributed by atoms with Crippen LogP contribution in [0, 0.1) is 0 Å². The van der Waals surface area contributed by atoms with Gasteiger partial charge in [-0.05, 0) is 23.8 Å². The van der Waals surface area contributed by atoms with Gasteiger partial charge in [-0.2, -0.15) is 0 Å². The predicted molar refractivity (Wildman–Crippen MR) is 94.8 cm³/mol. The zero-order chi connectivity index (χ0) is 17.6. The minimum absolute atomic E-state index is 0.131. The third-order valence-corrected chi connectivity index (χ3v) is 4.98. The van der Waals surface area contributed by atoms with Gasteiger partial charge in [0.15, 0.2) is 0 Å². The molecule has 0 aromatic heterocycles. The summed E-state index contributed by atoms with van der Waals surface area (Å²) >= 11 is 0. The van der Waals surface area contributed by atoms with Crippen molar-refractivity contribution >= 4 is 17.6 Å². The quantitative estimate of drug-likeness (QED) is 0.746. The number of para-hydroxylation sites is 1. The average Bonchev–Trinajstić information content (AvgIpc) is 2.75. The summed E-state index contributed by atoms with van der Waals surface area (Å²) in [6.07, 6.45) is 3.85. The molecular weight excluding hydrogens is 302 g/mol. The van der Waals surface area contributed by atoms with Gasteiger partial charge in [-0.1, -0.05) is 32.0 Å². The third-order valence-electron chi connectivity index (χ3n) is 4.98. The van der Waals surface area contributed by atoms with Crippen molar-refractivity contribution in [3.63, 3.8) is 0 Å². The Balaban J connectivity index is 1.98. The molecule has 1 aromatic carbocycles. The van der Waals surface area contributed by atoms with Crippen LogP contribution in [0.5, 0.6) is 0 Å². The molecule has 0 radical (unpaired) electrons. The Bertz CT molecular complexity index is 777. The Morgan fingerprint density at radius 2 is 1.67 bits per heavy atom. The highest BCUT2D eigenvalue weighted by Gasteiger charge is 2.38. The molecule has 0 unspecified atom stereocenters. The molecule has 126 valence electrons. The van der Waals surface area contributed by atoms with E-state index in [2.05, 4.69) is 36.9 Å². The van der Waals surface area contributed by atoms with E-state index in [0.29, 0.717) is 12.1 Å². The summed E-state index contributed by atoms with van der Waals surface area (Å²) in [5.41, 5.74) is 4.08. The van der Waals surface area contributed by atoms with Gasteiger partial charge in [0.1, 0.15) is 0 Å². The molecule has 0 N–H and O–H groups in total. The van der Waals surface area contributed by atoms with Crippen molar-refractivity contribution in [3.8, 4) is 0 Å². The first-order valence-corrected chi connectivity index (χ1v) is 8.03. The third kappa shape index (κ3) is 2.31. The van der Waals surface area contributed by atoms with Crippen molar-refractivity contribution in [2.45, 2.75) is 19.3 Å². The lowest BCUT2D eigenvalue weighted by molar-refractivity contribution is -0.125. The lowest BCUT2D eigenvalue weighted by Crippen LogP contribution is -2.49. The van der Waals surface area contributed by atoms with E-state index in [1.165, 1.54) is 18.3 Å². The van der Waals surface area contributed by atoms with Crippen LogP contribution >= 0.6 is 0 Å². The highest BCUT2D eigenvalue weighted by atomic mass is 16.2. The Kier molecular flexibility index (Phi) is 3.74. The summed E-state index contributed by atoms with van der Waals surface area (Å²) in [7, 11) is 5.26. The summed E-state index contributed by atoms with van der Waals surface area (Å²) in [6.45, 7) is 4.71. The number of urea groups is 1. The second kappa shape index (κ2) is 5.51. The number of anilines is 1. The summed E-state index contributed by atoms with van der Waals surface area (Å²) in [5.74, 6) is -0.231. The molecule has 0 spiro atoms. The highest BCUT2D eigenvalue weighted by molar-refractivity contribution is 6.06. The van der Waals surface area contributed by atoms with E-state index in [0.717, 1.165) is 10.6 Å². The van der Waals surface area contributed by atoms with Gasteiger partial charge in [-0.25, -0.2) is 4.79 Å². The van der Waals surface area contributed by atoms with Crippen LogP contribution in [0.3, 0.4) is 0 Å². The number of carbonyl (C=O) groups excluding carboxylic acids is 2. The van der Waals surface area contributed by atoms with E-state index in [9.17, 15) is 9.59 Å². The van der Waals surface area contributed by atoms with E-state index in [-0.39, 0.29) is 17.4 Å². The molecule has 1 aromatic rings. The number of likely N-dealkylation sites (N-methyl/N-ethyl adjacent to an activating group) is 3. The van der Waals surface area contributed by atoms with Gasteiger partial charge < -0.3 is 9.80 Å². The zero-order valence-corrected chi connectivity index (χ0v) is 14.8. The maximum absolute atomic E-state index is 12.3. The summed E-state index contributed by atoms with van der Waals surface area (Å²) in [5, 5.41) is 0. The van der Waals surface area contributed by atoms with Gasteiger partial charge >= 0.3 is 6.03 Å². The number of allylic oxidation sites excluding steroid dienone is 3. The van der Waals surface area contributed by atoms with Crippen molar-refractivity contribution in [1.82, 2.24) is 9.80 Å². The molecule has 1 fully saturated rings. The minimum Gasteiger partial charge on any atom is -0.347 e. The van der Waals surface area contributed by atoms with E-state index < -0.39 is 0 Å². The number of fused-ring (bicyclic) bond motifs is 1. The van der Waals surface area contributed by atoms with Crippen LogP contribution in [0.4, 0.5) is 10.5 Å². The summed E-state index contributed by atoms with van der Waals surface area (Å²) in [6, 6.07) is 8.07. The first kappa shape index (κ1) is 16.3. The normalized spacial score (nSPS) is 23.5. The van der Waals surface area contributed by atoms with Gasteiger partial charge in [0.05, 0.1) is 6.54 Å². The molecule has 0 bridgehead atoms. The number of hydrogen-bond acceptors (Lipinski definition) is 3. The number of nitrogens with zero attached hydrogens (tertiary/aromatic N) is 3. The minimum atomic E-state index is -0.268. The number of rotatable bonds is 1. The lowest BCUT2D eigenvalue weighted by atomic mass is 9.83. The van der Waals surface area contributed by atoms with E-state index in [1.54, 1.807) is 11.9 Å². The fourth-order valence-corrected chi connectivity index (χ4v) is 3.55. The Morgan fingerprint density at radius 1 is 1.00 bits per heavy atom. The van der Waals surface area contributed by atoms with E-state index in [4.69, 9.17) is 0 Å². The van der Waals surface area contributed by atoms with Crippen LogP contribution in [0.15, 0.2) is 47.7 Å². The van der Waals surface area contributed by atoms with Crippen molar-refractivity contribution in [2.75, 3.05) is 32.6 Å². The maximum atomic E-state index is 12.3. The van der Waals surface area contributed by atoms with Gasteiger partial charge in [0, 0.05) is 43.5 Å². The molecule has 2 heterocycles. The lowest BCUT2D eigenvalue weighted by Gasteiger charge is -2.30. The largest absolute Gasteiger partial charge is 0.347 e. The standard InChI is InChI=1S/C19H23N3O2/c1-19(2)14-8-6-7-9-15(14)21(4)16(19)11-10-13-12-20(3)18(24)22(5)17(13)23/h6-11H,12H2,1-5H3/b13-10+,16-11+. The molecule has 2 aliphatic heterocycles. The van der Waals surface area contributed by atoms with Crippen molar-refractivity contribution in [1.29, 1.82) is 0 Å². The van der Waals surface area contributed by atoms with Crippen LogP contribution in [0.25, 0.3) is 0 Å². The van der Waals surface area contributed by atoms with Crippen LogP contribution in [0.1, 0.15) is 19.4 Å². The number of amides is 3. The molecule has 3 amide bonds. The Morgan fingerprint density at radius 3 is 2.33 bits per heavy atom. The fourth-order valence-electron chi connectivity index (χ4n) is 3.55. The first-order valence-electron chi connectivity index (χ1n) is 8.03. The SMILES string of the molecule is CN1C/C(=C\C=C2\N(C)c3ccccc3C2(C)C)C(=O)N(C)C1=O. The molecule has 0 atom stereocenters. The van der Waals surface area contributed by atoms with E-state index >= 15 is 0 Å². The van der Waals surface area contributed by atoms with Crippen molar-refractivity contribution in [2.24, 2.45) is 0 Å². The fraction of sp³-hybridized carbons (Fsp3) is 0.368. The molecular formula is C19H23N3O2. The molecule has 0 aliphatic carbocycles. The number of hydrogen-bond donors (Lipinski definition) is 0. The second-order valence-electron chi connectivity index (χ2n) is 6.95. The Hall–Kier alpha value is -2.56. The van der Waals surface area contributed by atoms with Crippen molar-refractivity contribution in [3.05, 3.63) is 53.3 Å². The van der Waals surface area contributed by atoms with Crippen LogP contribution < -0.4 is 4.90 Å². The summed E-state index contributed by atoms with van der Waals surface area (Å²) in [4.78, 5) is 29.0. The van der Waals surface area contributed by atoms with Crippen molar-refractivity contribution < 1.29 is 9.59 Å². The number of carbonyl (C=O) groups is 2. The van der Waals surface area contributed by atoms with Crippen LogP contribution in [-0.4, -0.2) is 49.4 Å².